The highest BCUT2D eigenvalue weighted by Crippen LogP contribution is 2.42. The number of carbonyl (C=O) groups excluding carboxylic acids is 1. The Hall–Kier alpha value is -3.61. The number of fused-ring (bicyclic) bond motifs is 2. The highest BCUT2D eigenvalue weighted by molar-refractivity contribution is 6.21. The zero-order chi connectivity index (χ0) is 19.3. The van der Waals surface area contributed by atoms with Crippen molar-refractivity contribution in [2.45, 2.75) is 6.42 Å². The second kappa shape index (κ2) is 5.98. The molecule has 0 fully saturated rings. The summed E-state index contributed by atoms with van der Waals surface area (Å²) in [7, 11) is 1.59. The van der Waals surface area contributed by atoms with E-state index in [0.29, 0.717) is 17.2 Å². The number of rotatable bonds is 3. The summed E-state index contributed by atoms with van der Waals surface area (Å²) >= 11 is 0. The monoisotopic (exact) mass is 365 g/mol. The summed E-state index contributed by atoms with van der Waals surface area (Å²) in [4.78, 5) is 16.4. The highest BCUT2D eigenvalue weighted by atomic mass is 19.1. The molecule has 0 aliphatic heterocycles. The Labute approximate surface area is 153 Å². The molecule has 1 amide bonds. The van der Waals surface area contributed by atoms with Crippen LogP contribution < -0.4 is 5.73 Å². The molecule has 0 atom stereocenters. The number of nitrogens with zero attached hydrogens (tertiary/aromatic N) is 2. The molecule has 0 aliphatic carbocycles. The number of carbonyl (C=O) groups is 1. The van der Waals surface area contributed by atoms with Gasteiger partial charge in [0.25, 0.3) is 0 Å². The van der Waals surface area contributed by atoms with Crippen LogP contribution in [0.2, 0.25) is 0 Å². The number of halogens is 1. The fourth-order valence-corrected chi connectivity index (χ4v) is 3.39. The number of nitrogens with two attached hydrogens (primary N) is 1. The van der Waals surface area contributed by atoms with Gasteiger partial charge >= 0.3 is 0 Å². The number of aromatic nitrogens is 2. The second-order valence-corrected chi connectivity index (χ2v) is 6.48. The van der Waals surface area contributed by atoms with Gasteiger partial charge in [0.2, 0.25) is 11.8 Å². The Morgan fingerprint density at radius 2 is 1.89 bits per heavy atom. The van der Waals surface area contributed by atoms with Gasteiger partial charge in [-0.2, -0.15) is 0 Å². The van der Waals surface area contributed by atoms with Crippen LogP contribution >= 0.6 is 0 Å². The summed E-state index contributed by atoms with van der Waals surface area (Å²) in [5, 5.41) is 21.7. The fraction of sp³-hybridized carbons (Fsp3) is 0.100. The van der Waals surface area contributed by atoms with Crippen molar-refractivity contribution in [3.8, 4) is 11.6 Å². The largest absolute Gasteiger partial charge is 0.505 e. The first-order valence-corrected chi connectivity index (χ1v) is 8.22. The predicted molar refractivity (Wildman–Crippen MR) is 99.3 cm³/mol. The first kappa shape index (κ1) is 16.8. The van der Waals surface area contributed by atoms with E-state index >= 15 is 0 Å². The Kier molecular flexibility index (Phi) is 3.73. The van der Waals surface area contributed by atoms with Crippen molar-refractivity contribution in [1.29, 1.82) is 0 Å². The van der Waals surface area contributed by atoms with Crippen LogP contribution in [0.4, 0.5) is 4.39 Å². The number of phenolic OH excluding ortho intramolecular Hbond substituents is 1. The van der Waals surface area contributed by atoms with Gasteiger partial charge in [-0.05, 0) is 35.7 Å². The number of hydrogen-bond donors (Lipinski definition) is 3. The van der Waals surface area contributed by atoms with E-state index in [1.807, 2.05) is 0 Å². The quantitative estimate of drug-likeness (QED) is 0.519. The third-order valence-corrected chi connectivity index (χ3v) is 4.66. The molecule has 4 rings (SSSR count). The van der Waals surface area contributed by atoms with Crippen molar-refractivity contribution in [2.24, 2.45) is 12.8 Å². The molecule has 0 radical (unpaired) electrons. The van der Waals surface area contributed by atoms with E-state index in [1.165, 1.54) is 22.9 Å². The molecule has 2 aromatic heterocycles. The van der Waals surface area contributed by atoms with Crippen molar-refractivity contribution in [3.63, 3.8) is 0 Å². The Morgan fingerprint density at radius 1 is 1.19 bits per heavy atom. The molecule has 4 N–H and O–H groups in total. The molecule has 4 aromatic rings. The van der Waals surface area contributed by atoms with Crippen LogP contribution in [0.1, 0.15) is 21.5 Å². The number of primary amides is 1. The van der Waals surface area contributed by atoms with E-state index in [4.69, 9.17) is 5.73 Å². The SMILES string of the molecule is Cn1cc2c(C(N)=O)c3cc(Cc4ccc(F)cc4)cnc3c(O)c2c1O. The maximum atomic E-state index is 13.1. The predicted octanol–water partition coefficient (Wildman–Crippen LogP) is 2.97. The van der Waals surface area contributed by atoms with Crippen molar-refractivity contribution >= 4 is 27.6 Å². The fourth-order valence-electron chi connectivity index (χ4n) is 3.39. The number of amides is 1. The first-order valence-electron chi connectivity index (χ1n) is 8.22. The maximum absolute atomic E-state index is 13.1. The van der Waals surface area contributed by atoms with Crippen molar-refractivity contribution in [3.05, 3.63) is 65.2 Å². The van der Waals surface area contributed by atoms with Gasteiger partial charge in [-0.3, -0.25) is 9.78 Å². The van der Waals surface area contributed by atoms with Gasteiger partial charge in [-0.1, -0.05) is 12.1 Å². The van der Waals surface area contributed by atoms with Crippen LogP contribution in [0.5, 0.6) is 11.6 Å². The van der Waals surface area contributed by atoms with Crippen LogP contribution in [0, 0.1) is 5.82 Å². The van der Waals surface area contributed by atoms with E-state index in [9.17, 15) is 19.4 Å². The molecule has 0 unspecified atom stereocenters. The minimum Gasteiger partial charge on any atom is -0.505 e. The van der Waals surface area contributed by atoms with Gasteiger partial charge in [-0.15, -0.1) is 0 Å². The average molecular weight is 365 g/mol. The van der Waals surface area contributed by atoms with E-state index in [0.717, 1.165) is 11.1 Å². The summed E-state index contributed by atoms with van der Waals surface area (Å²) in [5.41, 5.74) is 7.61. The lowest BCUT2D eigenvalue weighted by atomic mass is 9.98. The molecule has 7 heteroatoms. The van der Waals surface area contributed by atoms with Gasteiger partial charge in [0.1, 0.15) is 11.3 Å². The van der Waals surface area contributed by atoms with E-state index < -0.39 is 5.91 Å². The van der Waals surface area contributed by atoms with Crippen molar-refractivity contribution in [1.82, 2.24) is 9.55 Å². The van der Waals surface area contributed by atoms with E-state index in [1.54, 1.807) is 31.4 Å². The summed E-state index contributed by atoms with van der Waals surface area (Å²) in [5.74, 6) is -1.39. The molecule has 0 spiro atoms. The number of hydrogen-bond acceptors (Lipinski definition) is 4. The summed E-state index contributed by atoms with van der Waals surface area (Å²) in [6.45, 7) is 0. The Bertz CT molecular complexity index is 1210. The zero-order valence-corrected chi connectivity index (χ0v) is 14.4. The standard InChI is InChI=1S/C20H16FN3O3/c1-24-9-14-15(19(22)26)13-7-11(6-10-2-4-12(21)5-3-10)8-23-17(13)18(25)16(14)20(24)27/h2-5,7-9,25,27H,6H2,1H3,(H2,22,26). The van der Waals surface area contributed by atoms with Crippen LogP contribution in [-0.4, -0.2) is 25.7 Å². The van der Waals surface area contributed by atoms with Gasteiger partial charge < -0.3 is 20.5 Å². The van der Waals surface area contributed by atoms with Gasteiger partial charge in [-0.25, -0.2) is 4.39 Å². The first-order chi connectivity index (χ1) is 12.9. The zero-order valence-electron chi connectivity index (χ0n) is 14.4. The Morgan fingerprint density at radius 3 is 2.56 bits per heavy atom. The Balaban J connectivity index is 1.97. The van der Waals surface area contributed by atoms with E-state index in [-0.39, 0.29) is 33.9 Å². The topological polar surface area (TPSA) is 101 Å². The lowest BCUT2D eigenvalue weighted by Gasteiger charge is -2.10. The molecule has 136 valence electrons. The molecule has 0 saturated heterocycles. The molecular formula is C20H16FN3O3. The number of benzene rings is 2. The van der Waals surface area contributed by atoms with Crippen molar-refractivity contribution < 1.29 is 19.4 Å². The lowest BCUT2D eigenvalue weighted by Crippen LogP contribution is -2.12. The smallest absolute Gasteiger partial charge is 0.250 e. The second-order valence-electron chi connectivity index (χ2n) is 6.48. The minimum absolute atomic E-state index is 0.137. The van der Waals surface area contributed by atoms with E-state index in [2.05, 4.69) is 4.98 Å². The summed E-state index contributed by atoms with van der Waals surface area (Å²) in [6.07, 6.45) is 3.58. The molecule has 0 saturated carbocycles. The highest BCUT2D eigenvalue weighted by Gasteiger charge is 2.23. The number of aromatic hydroxyl groups is 2. The molecule has 2 aromatic carbocycles. The maximum Gasteiger partial charge on any atom is 0.250 e. The molecule has 2 heterocycles. The minimum atomic E-state index is -0.684. The summed E-state index contributed by atoms with van der Waals surface area (Å²) in [6, 6.07) is 7.82. The number of aryl methyl sites for hydroxylation is 1. The number of pyridine rings is 1. The van der Waals surface area contributed by atoms with Gasteiger partial charge in [0.05, 0.1) is 10.9 Å². The van der Waals surface area contributed by atoms with Gasteiger partial charge in [0.15, 0.2) is 5.75 Å². The van der Waals surface area contributed by atoms with Gasteiger partial charge in [0, 0.05) is 30.2 Å². The lowest BCUT2D eigenvalue weighted by molar-refractivity contribution is 0.100. The third-order valence-electron chi connectivity index (χ3n) is 4.66. The average Bonchev–Trinajstić information content (AvgIpc) is 2.91. The van der Waals surface area contributed by atoms with Crippen molar-refractivity contribution in [2.75, 3.05) is 0 Å². The molecule has 6 nitrogen and oxygen atoms in total. The molecule has 0 bridgehead atoms. The normalized spacial score (nSPS) is 11.3. The number of phenols is 1. The van der Waals surface area contributed by atoms with Crippen LogP contribution in [-0.2, 0) is 13.5 Å². The van der Waals surface area contributed by atoms with Crippen LogP contribution in [0.3, 0.4) is 0 Å². The molecule has 27 heavy (non-hydrogen) atoms. The molecule has 0 aliphatic rings. The van der Waals surface area contributed by atoms with Crippen LogP contribution in [0.15, 0.2) is 42.7 Å². The summed E-state index contributed by atoms with van der Waals surface area (Å²) < 4.78 is 14.5. The van der Waals surface area contributed by atoms with Crippen LogP contribution in [0.25, 0.3) is 21.7 Å². The molecular weight excluding hydrogens is 349 g/mol. The third kappa shape index (κ3) is 2.64.